The predicted molar refractivity (Wildman–Crippen MR) is 52.8 cm³/mol. The summed E-state index contributed by atoms with van der Waals surface area (Å²) in [5.74, 6) is 0. The Bertz CT molecular complexity index is 334. The summed E-state index contributed by atoms with van der Waals surface area (Å²) in [6.45, 7) is 4.54. The number of aryl methyl sites for hydroxylation is 1. The highest BCUT2D eigenvalue weighted by molar-refractivity contribution is 6.28. The van der Waals surface area contributed by atoms with E-state index in [9.17, 15) is 0 Å². The molecule has 0 unspecified atom stereocenters. The minimum absolute atomic E-state index is 0.366. The number of hydrogen-bond donors (Lipinski definition) is 0. The van der Waals surface area contributed by atoms with E-state index in [1.54, 1.807) is 0 Å². The molecule has 3 heteroatoms. The summed E-state index contributed by atoms with van der Waals surface area (Å²) in [6, 6.07) is 0. The molecule has 0 radical (unpaired) electrons. The Morgan fingerprint density at radius 3 is 3.00 bits per heavy atom. The zero-order chi connectivity index (χ0) is 9.47. The van der Waals surface area contributed by atoms with Crippen molar-refractivity contribution in [2.45, 2.75) is 33.1 Å². The van der Waals surface area contributed by atoms with Crippen LogP contribution in [0.15, 0.2) is 6.20 Å². The van der Waals surface area contributed by atoms with Crippen LogP contribution in [-0.4, -0.2) is 9.97 Å². The first-order valence-electron chi connectivity index (χ1n) is 4.57. The normalized spacial score (nSPS) is 19.6. The Hall–Kier alpha value is -0.630. The first kappa shape index (κ1) is 8.95. The van der Waals surface area contributed by atoms with Gasteiger partial charge in [0.15, 0.2) is 0 Å². The smallest absolute Gasteiger partial charge is 0.222 e. The van der Waals surface area contributed by atoms with Crippen LogP contribution < -0.4 is 0 Å². The first-order valence-corrected chi connectivity index (χ1v) is 4.95. The maximum Gasteiger partial charge on any atom is 0.222 e. The van der Waals surface area contributed by atoms with Gasteiger partial charge in [-0.25, -0.2) is 9.97 Å². The molecule has 2 rings (SSSR count). The molecule has 2 nitrogen and oxygen atoms in total. The van der Waals surface area contributed by atoms with Gasteiger partial charge in [0, 0.05) is 11.9 Å². The van der Waals surface area contributed by atoms with Crippen LogP contribution in [0, 0.1) is 5.41 Å². The van der Waals surface area contributed by atoms with E-state index in [-0.39, 0.29) is 0 Å². The largest absolute Gasteiger partial charge is 0.226 e. The first-order chi connectivity index (χ1) is 6.07. The second-order valence-corrected chi connectivity index (χ2v) is 4.79. The van der Waals surface area contributed by atoms with E-state index in [1.807, 2.05) is 6.20 Å². The summed E-state index contributed by atoms with van der Waals surface area (Å²) in [5, 5.41) is 0.372. The van der Waals surface area contributed by atoms with Crippen LogP contribution in [0.5, 0.6) is 0 Å². The zero-order valence-corrected chi connectivity index (χ0v) is 8.73. The van der Waals surface area contributed by atoms with Gasteiger partial charge in [-0.3, -0.25) is 0 Å². The van der Waals surface area contributed by atoms with Crippen LogP contribution in [0.1, 0.15) is 31.5 Å². The summed E-state index contributed by atoms with van der Waals surface area (Å²) >= 11 is 5.75. The van der Waals surface area contributed by atoms with Crippen LogP contribution in [0.3, 0.4) is 0 Å². The molecule has 13 heavy (non-hydrogen) atoms. The van der Waals surface area contributed by atoms with Gasteiger partial charge in [0.25, 0.3) is 0 Å². The van der Waals surface area contributed by atoms with Gasteiger partial charge < -0.3 is 0 Å². The number of aromatic nitrogens is 2. The fourth-order valence-corrected chi connectivity index (χ4v) is 1.95. The lowest BCUT2D eigenvalue weighted by molar-refractivity contribution is 0.310. The molecule has 0 aliphatic heterocycles. The number of fused-ring (bicyclic) bond motifs is 1. The molecule has 0 saturated carbocycles. The molecule has 0 bridgehead atoms. The minimum atomic E-state index is 0.366. The van der Waals surface area contributed by atoms with E-state index in [4.69, 9.17) is 11.6 Å². The number of hydrogen-bond acceptors (Lipinski definition) is 2. The Kier molecular flexibility index (Phi) is 2.03. The maximum atomic E-state index is 5.75. The van der Waals surface area contributed by atoms with Crippen LogP contribution >= 0.6 is 11.6 Å². The molecule has 1 aromatic heterocycles. The van der Waals surface area contributed by atoms with Gasteiger partial charge in [-0.2, -0.15) is 0 Å². The molecule has 70 valence electrons. The molecule has 0 atom stereocenters. The third-order valence-corrected chi connectivity index (χ3v) is 2.82. The Morgan fingerprint density at radius 2 is 2.23 bits per heavy atom. The molecule has 0 fully saturated rings. The van der Waals surface area contributed by atoms with Gasteiger partial charge in [-0.05, 0) is 41.8 Å². The van der Waals surface area contributed by atoms with Crippen molar-refractivity contribution in [1.82, 2.24) is 9.97 Å². The van der Waals surface area contributed by atoms with Crippen LogP contribution in [0.4, 0.5) is 0 Å². The van der Waals surface area contributed by atoms with Crippen molar-refractivity contribution in [2.24, 2.45) is 5.41 Å². The average molecular weight is 197 g/mol. The molecule has 0 aromatic carbocycles. The molecule has 1 aromatic rings. The van der Waals surface area contributed by atoms with E-state index in [0.29, 0.717) is 10.7 Å². The quantitative estimate of drug-likeness (QED) is 0.597. The number of halogens is 1. The van der Waals surface area contributed by atoms with E-state index in [2.05, 4.69) is 23.8 Å². The van der Waals surface area contributed by atoms with Gasteiger partial charge >= 0.3 is 0 Å². The summed E-state index contributed by atoms with van der Waals surface area (Å²) in [6.07, 6.45) is 5.18. The monoisotopic (exact) mass is 196 g/mol. The minimum Gasteiger partial charge on any atom is -0.226 e. The fraction of sp³-hybridized carbons (Fsp3) is 0.600. The predicted octanol–water partition coefficient (Wildman–Crippen LogP) is 2.64. The lowest BCUT2D eigenvalue weighted by atomic mass is 9.77. The summed E-state index contributed by atoms with van der Waals surface area (Å²) in [5.41, 5.74) is 2.77. The molecule has 1 aliphatic carbocycles. The van der Waals surface area contributed by atoms with E-state index < -0.39 is 0 Å². The van der Waals surface area contributed by atoms with Gasteiger partial charge in [0.05, 0.1) is 0 Å². The Balaban J connectivity index is 2.38. The van der Waals surface area contributed by atoms with Gasteiger partial charge in [0.2, 0.25) is 5.28 Å². The van der Waals surface area contributed by atoms with E-state index in [1.165, 1.54) is 12.0 Å². The third kappa shape index (κ3) is 1.83. The molecule has 0 amide bonds. The molecule has 1 heterocycles. The van der Waals surface area contributed by atoms with E-state index in [0.717, 1.165) is 18.5 Å². The van der Waals surface area contributed by atoms with Crippen molar-refractivity contribution in [2.75, 3.05) is 0 Å². The molecular formula is C10H13ClN2. The van der Waals surface area contributed by atoms with Crippen molar-refractivity contribution >= 4 is 11.6 Å². The molecule has 1 aliphatic rings. The van der Waals surface area contributed by atoms with Crippen molar-refractivity contribution in [3.05, 3.63) is 22.7 Å². The molecule has 0 spiro atoms. The van der Waals surface area contributed by atoms with Crippen LogP contribution in [0.25, 0.3) is 0 Å². The zero-order valence-electron chi connectivity index (χ0n) is 7.97. The second-order valence-electron chi connectivity index (χ2n) is 4.45. The molecular weight excluding hydrogens is 184 g/mol. The Morgan fingerprint density at radius 1 is 1.46 bits per heavy atom. The van der Waals surface area contributed by atoms with Crippen molar-refractivity contribution in [1.29, 1.82) is 0 Å². The average Bonchev–Trinajstić information content (AvgIpc) is 2.01. The standard InChI is InChI=1S/C10H13ClN2/c1-10(2)4-3-7-6-12-9(11)13-8(7)5-10/h6H,3-5H2,1-2H3. The van der Waals surface area contributed by atoms with Crippen molar-refractivity contribution < 1.29 is 0 Å². The third-order valence-electron chi connectivity index (χ3n) is 2.64. The molecule has 0 N–H and O–H groups in total. The lowest BCUT2D eigenvalue weighted by Crippen LogP contribution is -2.23. The van der Waals surface area contributed by atoms with Crippen LogP contribution in [0.2, 0.25) is 5.28 Å². The van der Waals surface area contributed by atoms with Gasteiger partial charge in [-0.1, -0.05) is 13.8 Å². The maximum absolute atomic E-state index is 5.75. The number of nitrogens with zero attached hydrogens (tertiary/aromatic N) is 2. The summed E-state index contributed by atoms with van der Waals surface area (Å²) in [4.78, 5) is 8.26. The fourth-order valence-electron chi connectivity index (χ4n) is 1.79. The lowest BCUT2D eigenvalue weighted by Gasteiger charge is -2.29. The Labute approximate surface area is 83.4 Å². The SMILES string of the molecule is CC1(C)CCc2cnc(Cl)nc2C1. The second kappa shape index (κ2) is 2.95. The van der Waals surface area contributed by atoms with Crippen LogP contribution in [-0.2, 0) is 12.8 Å². The highest BCUT2D eigenvalue weighted by atomic mass is 35.5. The van der Waals surface area contributed by atoms with E-state index >= 15 is 0 Å². The highest BCUT2D eigenvalue weighted by Gasteiger charge is 2.26. The number of rotatable bonds is 0. The summed E-state index contributed by atoms with van der Waals surface area (Å²) in [7, 11) is 0. The topological polar surface area (TPSA) is 25.8 Å². The molecule has 0 saturated heterocycles. The van der Waals surface area contributed by atoms with Crippen molar-refractivity contribution in [3.63, 3.8) is 0 Å². The summed E-state index contributed by atoms with van der Waals surface area (Å²) < 4.78 is 0. The highest BCUT2D eigenvalue weighted by Crippen LogP contribution is 2.33. The van der Waals surface area contributed by atoms with Crippen molar-refractivity contribution in [3.8, 4) is 0 Å². The van der Waals surface area contributed by atoms with Gasteiger partial charge in [-0.15, -0.1) is 0 Å². The van der Waals surface area contributed by atoms with Gasteiger partial charge in [0.1, 0.15) is 0 Å².